The van der Waals surface area contributed by atoms with Crippen LogP contribution >= 0.6 is 11.6 Å². The van der Waals surface area contributed by atoms with Crippen molar-refractivity contribution in [3.63, 3.8) is 0 Å². The van der Waals surface area contributed by atoms with Crippen molar-refractivity contribution >= 4 is 11.6 Å². The lowest BCUT2D eigenvalue weighted by Gasteiger charge is -2.11. The maximum absolute atomic E-state index is 13.2. The minimum Gasteiger partial charge on any atom is -0.507 e. The lowest BCUT2D eigenvalue weighted by atomic mass is 10.2. The molecule has 0 aliphatic carbocycles. The van der Waals surface area contributed by atoms with Gasteiger partial charge in [-0.1, -0.05) is 11.6 Å². The SMILES string of the molecule is CN(O)Cc1c(O)cc(F)c(Cl)c1F. The molecule has 0 saturated carbocycles. The van der Waals surface area contributed by atoms with Gasteiger partial charge in [-0.2, -0.15) is 5.06 Å². The summed E-state index contributed by atoms with van der Waals surface area (Å²) >= 11 is 5.28. The monoisotopic (exact) mass is 223 g/mol. The fourth-order valence-corrected chi connectivity index (χ4v) is 1.17. The van der Waals surface area contributed by atoms with Gasteiger partial charge in [0.15, 0.2) is 5.82 Å². The molecule has 0 bridgehead atoms. The minimum atomic E-state index is -1.06. The molecule has 0 aliphatic rings. The van der Waals surface area contributed by atoms with E-state index in [0.717, 1.165) is 0 Å². The van der Waals surface area contributed by atoms with Gasteiger partial charge in [0.05, 0.1) is 6.54 Å². The molecule has 6 heteroatoms. The first kappa shape index (κ1) is 11.2. The predicted molar refractivity (Wildman–Crippen MR) is 46.3 cm³/mol. The molecular formula is C8H8ClF2NO2. The summed E-state index contributed by atoms with van der Waals surface area (Å²) in [6, 6.07) is 0.699. The van der Waals surface area contributed by atoms with E-state index in [4.69, 9.17) is 21.9 Å². The number of nitrogens with zero attached hydrogens (tertiary/aromatic N) is 1. The van der Waals surface area contributed by atoms with Gasteiger partial charge in [-0.3, -0.25) is 0 Å². The van der Waals surface area contributed by atoms with Crippen LogP contribution in [-0.2, 0) is 6.54 Å². The van der Waals surface area contributed by atoms with Crippen LogP contribution in [0.2, 0.25) is 5.02 Å². The molecule has 78 valence electrons. The summed E-state index contributed by atoms with van der Waals surface area (Å²) in [6.45, 7) is -0.280. The van der Waals surface area contributed by atoms with Gasteiger partial charge in [-0.05, 0) is 0 Å². The lowest BCUT2D eigenvalue weighted by Crippen LogP contribution is -2.13. The van der Waals surface area contributed by atoms with Crippen LogP contribution in [0.15, 0.2) is 6.07 Å². The Kier molecular flexibility index (Phi) is 3.25. The molecule has 2 N–H and O–H groups in total. The Balaban J connectivity index is 3.22. The predicted octanol–water partition coefficient (Wildman–Crippen LogP) is 2.14. The molecule has 0 heterocycles. The number of aromatic hydroxyl groups is 1. The average molecular weight is 224 g/mol. The van der Waals surface area contributed by atoms with Gasteiger partial charge in [0.1, 0.15) is 16.6 Å². The van der Waals surface area contributed by atoms with Gasteiger partial charge in [0, 0.05) is 18.7 Å². The van der Waals surface area contributed by atoms with Crippen molar-refractivity contribution in [3.05, 3.63) is 28.3 Å². The Bertz CT molecular complexity index is 358. The molecule has 1 aromatic carbocycles. The van der Waals surface area contributed by atoms with E-state index in [-0.39, 0.29) is 12.1 Å². The molecule has 3 nitrogen and oxygen atoms in total. The highest BCUT2D eigenvalue weighted by atomic mass is 35.5. The summed E-state index contributed by atoms with van der Waals surface area (Å²) < 4.78 is 26.0. The molecule has 0 radical (unpaired) electrons. The van der Waals surface area contributed by atoms with Crippen molar-refractivity contribution in [2.45, 2.75) is 6.54 Å². The second kappa shape index (κ2) is 4.08. The number of hydrogen-bond donors (Lipinski definition) is 2. The zero-order chi connectivity index (χ0) is 10.9. The second-order valence-electron chi connectivity index (χ2n) is 2.80. The van der Waals surface area contributed by atoms with E-state index in [1.54, 1.807) is 0 Å². The van der Waals surface area contributed by atoms with Gasteiger partial charge >= 0.3 is 0 Å². The fraction of sp³-hybridized carbons (Fsp3) is 0.250. The molecule has 0 aliphatic heterocycles. The zero-order valence-electron chi connectivity index (χ0n) is 7.26. The minimum absolute atomic E-state index is 0.249. The third kappa shape index (κ3) is 2.12. The van der Waals surface area contributed by atoms with Crippen molar-refractivity contribution in [3.8, 4) is 5.75 Å². The van der Waals surface area contributed by atoms with E-state index in [2.05, 4.69) is 0 Å². The largest absolute Gasteiger partial charge is 0.507 e. The lowest BCUT2D eigenvalue weighted by molar-refractivity contribution is -0.0743. The Morgan fingerprint density at radius 1 is 1.50 bits per heavy atom. The standard InChI is InChI=1S/C8H8ClF2NO2/c1-12(14)3-4-6(13)2-5(10)7(9)8(4)11/h2,13-14H,3H2,1H3. The first-order chi connectivity index (χ1) is 6.43. The number of hydrogen-bond acceptors (Lipinski definition) is 3. The van der Waals surface area contributed by atoms with Crippen LogP contribution < -0.4 is 0 Å². The number of hydroxylamine groups is 2. The van der Waals surface area contributed by atoms with Crippen molar-refractivity contribution < 1.29 is 19.1 Å². The van der Waals surface area contributed by atoms with Crippen LogP contribution in [0.3, 0.4) is 0 Å². The summed E-state index contributed by atoms with van der Waals surface area (Å²) in [6.07, 6.45) is 0. The maximum atomic E-state index is 13.2. The molecule has 0 aromatic heterocycles. The van der Waals surface area contributed by atoms with Crippen molar-refractivity contribution in [2.24, 2.45) is 0 Å². The maximum Gasteiger partial charge on any atom is 0.153 e. The molecule has 0 unspecified atom stereocenters. The van der Waals surface area contributed by atoms with Crippen LogP contribution in [0, 0.1) is 11.6 Å². The highest BCUT2D eigenvalue weighted by Crippen LogP contribution is 2.29. The van der Waals surface area contributed by atoms with Crippen LogP contribution in [-0.4, -0.2) is 22.4 Å². The molecule has 14 heavy (non-hydrogen) atoms. The van der Waals surface area contributed by atoms with Gasteiger partial charge in [-0.15, -0.1) is 0 Å². The summed E-state index contributed by atoms with van der Waals surface area (Å²) in [7, 11) is 1.26. The number of benzene rings is 1. The van der Waals surface area contributed by atoms with Crippen LogP contribution in [0.1, 0.15) is 5.56 Å². The quantitative estimate of drug-likeness (QED) is 0.596. The molecule has 0 atom stereocenters. The molecule has 0 spiro atoms. The van der Waals surface area contributed by atoms with E-state index in [0.29, 0.717) is 11.1 Å². The van der Waals surface area contributed by atoms with Crippen LogP contribution in [0.5, 0.6) is 5.75 Å². The topological polar surface area (TPSA) is 43.7 Å². The first-order valence-corrected chi connectivity index (χ1v) is 4.06. The fourth-order valence-electron chi connectivity index (χ4n) is 1.000. The number of phenolic OH excluding ortho intramolecular Hbond substituents is 1. The molecule has 1 rings (SSSR count). The third-order valence-electron chi connectivity index (χ3n) is 1.63. The van der Waals surface area contributed by atoms with E-state index in [9.17, 15) is 8.78 Å². The molecule has 1 aromatic rings. The van der Waals surface area contributed by atoms with Crippen LogP contribution in [0.25, 0.3) is 0 Å². The summed E-state index contributed by atoms with van der Waals surface area (Å²) in [4.78, 5) is 0. The van der Waals surface area contributed by atoms with E-state index in [1.807, 2.05) is 0 Å². The number of phenols is 1. The van der Waals surface area contributed by atoms with Crippen LogP contribution in [0.4, 0.5) is 8.78 Å². The van der Waals surface area contributed by atoms with Gasteiger partial charge < -0.3 is 10.3 Å². The second-order valence-corrected chi connectivity index (χ2v) is 3.18. The van der Waals surface area contributed by atoms with E-state index in [1.165, 1.54) is 7.05 Å². The van der Waals surface area contributed by atoms with E-state index < -0.39 is 22.4 Å². The molecule has 0 fully saturated rings. The molecular weight excluding hydrogens is 216 g/mol. The first-order valence-electron chi connectivity index (χ1n) is 3.68. The normalized spacial score (nSPS) is 11.0. The van der Waals surface area contributed by atoms with Crippen molar-refractivity contribution in [2.75, 3.05) is 7.05 Å². The summed E-state index contributed by atoms with van der Waals surface area (Å²) in [5.74, 6) is -2.68. The highest BCUT2D eigenvalue weighted by molar-refractivity contribution is 6.31. The number of rotatable bonds is 2. The Morgan fingerprint density at radius 3 is 2.57 bits per heavy atom. The zero-order valence-corrected chi connectivity index (χ0v) is 8.02. The summed E-state index contributed by atoms with van der Waals surface area (Å²) in [5.41, 5.74) is -0.249. The Labute approximate surface area is 84.1 Å². The van der Waals surface area contributed by atoms with Gasteiger partial charge in [-0.25, -0.2) is 8.78 Å². The van der Waals surface area contributed by atoms with Crippen molar-refractivity contribution in [1.29, 1.82) is 0 Å². The van der Waals surface area contributed by atoms with Gasteiger partial charge in [0.25, 0.3) is 0 Å². The van der Waals surface area contributed by atoms with E-state index >= 15 is 0 Å². The molecule has 0 saturated heterocycles. The number of halogens is 3. The highest BCUT2D eigenvalue weighted by Gasteiger charge is 2.17. The Morgan fingerprint density at radius 2 is 2.07 bits per heavy atom. The summed E-state index contributed by atoms with van der Waals surface area (Å²) in [5, 5.41) is 18.0. The van der Waals surface area contributed by atoms with Gasteiger partial charge in [0.2, 0.25) is 0 Å². The van der Waals surface area contributed by atoms with Crippen molar-refractivity contribution in [1.82, 2.24) is 5.06 Å². The average Bonchev–Trinajstić information content (AvgIpc) is 2.09. The Hall–Kier alpha value is -0.910. The third-order valence-corrected chi connectivity index (χ3v) is 1.97. The molecule has 0 amide bonds. The smallest absolute Gasteiger partial charge is 0.153 e.